The summed E-state index contributed by atoms with van der Waals surface area (Å²) in [4.78, 5) is 36.4. The van der Waals surface area contributed by atoms with E-state index in [2.05, 4.69) is 0 Å². The van der Waals surface area contributed by atoms with Gasteiger partial charge in [0.1, 0.15) is 0 Å². The fraction of sp³-hybridized carbons (Fsp3) is 0.700. The monoisotopic (exact) mass is 228 g/mol. The van der Waals surface area contributed by atoms with Crippen LogP contribution in [-0.2, 0) is 14.4 Å². The lowest BCUT2D eigenvalue weighted by Gasteiger charge is -2.19. The minimum atomic E-state index is -0.994. The summed E-state index contributed by atoms with van der Waals surface area (Å²) >= 11 is 0. The molecule has 0 unspecified atom stereocenters. The average Bonchev–Trinajstić information content (AvgIpc) is 2.38. The van der Waals surface area contributed by atoms with Gasteiger partial charge in [-0.3, -0.25) is 14.4 Å². The van der Waals surface area contributed by atoms with Crippen molar-refractivity contribution < 1.29 is 19.5 Å². The number of hydrogen-bond acceptors (Lipinski definition) is 3. The highest BCUT2D eigenvalue weighted by atomic mass is 16.4. The lowest BCUT2D eigenvalue weighted by atomic mass is 10.2. The summed E-state index contributed by atoms with van der Waals surface area (Å²) in [6.45, 7) is 1.23. The first kappa shape index (κ1) is 12.5. The summed E-state index contributed by atoms with van der Waals surface area (Å²) in [5.41, 5.74) is 0. The van der Waals surface area contributed by atoms with Gasteiger partial charge in [-0.15, -0.1) is 0 Å². The molecule has 0 aromatic rings. The molecule has 0 aromatic carbocycles. The van der Waals surface area contributed by atoms with Gasteiger partial charge in [-0.05, 0) is 6.42 Å². The van der Waals surface area contributed by atoms with Crippen LogP contribution in [0.25, 0.3) is 0 Å². The van der Waals surface area contributed by atoms with Gasteiger partial charge >= 0.3 is 5.97 Å². The SMILES string of the molecule is CN1CCCN(C(=O)CCC(=O)O)CC1=O. The number of carboxylic acids is 1. The van der Waals surface area contributed by atoms with Crippen LogP contribution >= 0.6 is 0 Å². The van der Waals surface area contributed by atoms with E-state index in [-0.39, 0.29) is 31.2 Å². The van der Waals surface area contributed by atoms with Crippen molar-refractivity contribution in [1.82, 2.24) is 9.80 Å². The quantitative estimate of drug-likeness (QED) is 0.709. The van der Waals surface area contributed by atoms with Gasteiger partial charge in [0.05, 0.1) is 13.0 Å². The first-order valence-corrected chi connectivity index (χ1v) is 5.24. The molecule has 1 N–H and O–H groups in total. The highest BCUT2D eigenvalue weighted by Crippen LogP contribution is 2.05. The molecule has 0 radical (unpaired) electrons. The van der Waals surface area contributed by atoms with E-state index in [0.29, 0.717) is 13.1 Å². The molecule has 0 atom stereocenters. The van der Waals surface area contributed by atoms with Crippen LogP contribution in [0, 0.1) is 0 Å². The van der Waals surface area contributed by atoms with Crippen LogP contribution in [0.15, 0.2) is 0 Å². The van der Waals surface area contributed by atoms with Crippen molar-refractivity contribution in [3.8, 4) is 0 Å². The fourth-order valence-electron chi connectivity index (χ4n) is 1.57. The van der Waals surface area contributed by atoms with Crippen LogP contribution in [-0.4, -0.2) is 59.4 Å². The fourth-order valence-corrected chi connectivity index (χ4v) is 1.57. The third-order valence-corrected chi connectivity index (χ3v) is 2.58. The molecule has 1 rings (SSSR count). The number of hydrogen-bond donors (Lipinski definition) is 1. The molecule has 0 spiro atoms. The van der Waals surface area contributed by atoms with Gasteiger partial charge in [0.2, 0.25) is 11.8 Å². The van der Waals surface area contributed by atoms with Crippen LogP contribution < -0.4 is 0 Å². The number of aliphatic carboxylic acids is 1. The molecule has 6 heteroatoms. The second-order valence-electron chi connectivity index (χ2n) is 3.88. The second-order valence-corrected chi connectivity index (χ2v) is 3.88. The van der Waals surface area contributed by atoms with Crippen LogP contribution in [0.5, 0.6) is 0 Å². The Balaban J connectivity index is 2.49. The molecule has 0 bridgehead atoms. The Morgan fingerprint density at radius 1 is 1.31 bits per heavy atom. The second kappa shape index (κ2) is 5.48. The van der Waals surface area contributed by atoms with Crippen LogP contribution in [0.2, 0.25) is 0 Å². The zero-order chi connectivity index (χ0) is 12.1. The molecule has 0 aliphatic carbocycles. The number of carboxylic acid groups (broad SMARTS) is 1. The van der Waals surface area contributed by atoms with Crippen molar-refractivity contribution in [3.05, 3.63) is 0 Å². The zero-order valence-corrected chi connectivity index (χ0v) is 9.31. The van der Waals surface area contributed by atoms with E-state index in [1.807, 2.05) is 0 Å². The highest BCUT2D eigenvalue weighted by Gasteiger charge is 2.22. The summed E-state index contributed by atoms with van der Waals surface area (Å²) in [6, 6.07) is 0. The Bertz CT molecular complexity index is 303. The molecule has 1 saturated heterocycles. The number of rotatable bonds is 3. The number of carbonyl (C=O) groups is 3. The van der Waals surface area contributed by atoms with Crippen molar-refractivity contribution >= 4 is 17.8 Å². The van der Waals surface area contributed by atoms with Crippen molar-refractivity contribution in [3.63, 3.8) is 0 Å². The summed E-state index contributed by atoms with van der Waals surface area (Å²) in [7, 11) is 1.70. The molecule has 6 nitrogen and oxygen atoms in total. The largest absolute Gasteiger partial charge is 0.481 e. The van der Waals surface area contributed by atoms with E-state index in [1.54, 1.807) is 11.9 Å². The molecule has 2 amide bonds. The minimum Gasteiger partial charge on any atom is -0.481 e. The molecule has 90 valence electrons. The molecule has 1 fully saturated rings. The van der Waals surface area contributed by atoms with Crippen molar-refractivity contribution in [2.45, 2.75) is 19.3 Å². The molecular weight excluding hydrogens is 212 g/mol. The van der Waals surface area contributed by atoms with Crippen LogP contribution in [0.4, 0.5) is 0 Å². The number of likely N-dealkylation sites (N-methyl/N-ethyl adjacent to an activating group) is 1. The zero-order valence-electron chi connectivity index (χ0n) is 9.31. The Morgan fingerprint density at radius 2 is 2.00 bits per heavy atom. The minimum absolute atomic E-state index is 0.0354. The third kappa shape index (κ3) is 3.52. The van der Waals surface area contributed by atoms with Gasteiger partial charge in [0, 0.05) is 26.6 Å². The average molecular weight is 228 g/mol. The van der Waals surface area contributed by atoms with Crippen molar-refractivity contribution in [2.75, 3.05) is 26.7 Å². The molecule has 0 saturated carbocycles. The third-order valence-electron chi connectivity index (χ3n) is 2.58. The predicted octanol–water partition coefficient (Wildman–Crippen LogP) is -0.458. The maximum Gasteiger partial charge on any atom is 0.303 e. The summed E-state index contributed by atoms with van der Waals surface area (Å²) in [5, 5.41) is 8.46. The van der Waals surface area contributed by atoms with E-state index in [1.165, 1.54) is 4.90 Å². The van der Waals surface area contributed by atoms with Gasteiger partial charge in [-0.25, -0.2) is 0 Å². The van der Waals surface area contributed by atoms with Crippen LogP contribution in [0.1, 0.15) is 19.3 Å². The lowest BCUT2D eigenvalue weighted by Crippen LogP contribution is -2.38. The molecule has 1 aliphatic rings. The van der Waals surface area contributed by atoms with Gasteiger partial charge < -0.3 is 14.9 Å². The van der Waals surface area contributed by atoms with Gasteiger partial charge in [0.25, 0.3) is 0 Å². The smallest absolute Gasteiger partial charge is 0.303 e. The molecule has 16 heavy (non-hydrogen) atoms. The highest BCUT2D eigenvalue weighted by molar-refractivity contribution is 5.86. The van der Waals surface area contributed by atoms with E-state index in [9.17, 15) is 14.4 Å². The standard InChI is InChI=1S/C10H16N2O4/c1-11-5-2-6-12(7-9(11)14)8(13)3-4-10(15)16/h2-7H2,1H3,(H,15,16). The lowest BCUT2D eigenvalue weighted by molar-refractivity contribution is -0.142. The Labute approximate surface area is 93.8 Å². The van der Waals surface area contributed by atoms with E-state index >= 15 is 0 Å². The van der Waals surface area contributed by atoms with Crippen molar-refractivity contribution in [2.24, 2.45) is 0 Å². The topological polar surface area (TPSA) is 77.9 Å². The summed E-state index contributed by atoms with van der Waals surface area (Å²) in [5.74, 6) is -1.35. The molecule has 1 heterocycles. The van der Waals surface area contributed by atoms with E-state index < -0.39 is 5.97 Å². The van der Waals surface area contributed by atoms with Gasteiger partial charge in [-0.2, -0.15) is 0 Å². The van der Waals surface area contributed by atoms with Crippen molar-refractivity contribution in [1.29, 1.82) is 0 Å². The number of nitrogens with zero attached hydrogens (tertiary/aromatic N) is 2. The van der Waals surface area contributed by atoms with E-state index in [4.69, 9.17) is 5.11 Å². The Morgan fingerprint density at radius 3 is 2.62 bits per heavy atom. The Hall–Kier alpha value is -1.59. The van der Waals surface area contributed by atoms with E-state index in [0.717, 1.165) is 6.42 Å². The van der Waals surface area contributed by atoms with Gasteiger partial charge in [0.15, 0.2) is 0 Å². The molecule has 1 aliphatic heterocycles. The maximum atomic E-state index is 11.6. The first-order valence-electron chi connectivity index (χ1n) is 5.24. The van der Waals surface area contributed by atoms with Crippen LogP contribution in [0.3, 0.4) is 0 Å². The van der Waals surface area contributed by atoms with Gasteiger partial charge in [-0.1, -0.05) is 0 Å². The maximum absolute atomic E-state index is 11.6. The Kier molecular flexibility index (Phi) is 4.28. The number of carbonyl (C=O) groups excluding carboxylic acids is 2. The predicted molar refractivity (Wildman–Crippen MR) is 55.7 cm³/mol. The first-order chi connectivity index (χ1) is 7.50. The molecule has 0 aromatic heterocycles. The molecular formula is C10H16N2O4. The summed E-state index contributed by atoms with van der Waals surface area (Å²) in [6.07, 6.45) is 0.521. The normalized spacial score (nSPS) is 17.2. The summed E-state index contributed by atoms with van der Waals surface area (Å²) < 4.78 is 0. The number of amides is 2.